The first-order chi connectivity index (χ1) is 11.8. The first-order valence-corrected chi connectivity index (χ1v) is 11.1. The lowest BCUT2D eigenvalue weighted by Gasteiger charge is -2.61. The van der Waals surface area contributed by atoms with Crippen LogP contribution in [0.3, 0.4) is 0 Å². The zero-order chi connectivity index (χ0) is 19.3. The molecule has 146 valence electrons. The monoisotopic (exact) mass is 356 g/mol. The molecule has 3 fully saturated rings. The first-order valence-electron chi connectivity index (χ1n) is 11.1. The highest BCUT2D eigenvalue weighted by atomic mass is 16.1. The molecule has 1 nitrogen and oxygen atoms in total. The van der Waals surface area contributed by atoms with Crippen LogP contribution in [0.5, 0.6) is 0 Å². The molecule has 4 aliphatic carbocycles. The van der Waals surface area contributed by atoms with Crippen molar-refractivity contribution in [3.63, 3.8) is 0 Å². The number of allylic oxidation sites excluding steroid dienone is 2. The summed E-state index contributed by atoms with van der Waals surface area (Å²) >= 11 is 0. The fraction of sp³-hybridized carbons (Fsp3) is 0.880. The van der Waals surface area contributed by atoms with Crippen molar-refractivity contribution in [2.24, 2.45) is 38.9 Å². The Kier molecular flexibility index (Phi) is 3.65. The second kappa shape index (κ2) is 5.06. The molecule has 0 unspecified atom stereocenters. The van der Waals surface area contributed by atoms with Crippen LogP contribution in [0.15, 0.2) is 11.1 Å². The Bertz CT molecular complexity index is 691. The molecule has 4 atom stereocenters. The van der Waals surface area contributed by atoms with Crippen LogP contribution < -0.4 is 0 Å². The van der Waals surface area contributed by atoms with Gasteiger partial charge in [-0.05, 0) is 75.0 Å². The van der Waals surface area contributed by atoms with Crippen molar-refractivity contribution in [3.05, 3.63) is 11.1 Å². The van der Waals surface area contributed by atoms with Crippen LogP contribution in [0.2, 0.25) is 0 Å². The maximum Gasteiger partial charge on any atom is 0.148 e. The third kappa shape index (κ3) is 1.96. The summed E-state index contributed by atoms with van der Waals surface area (Å²) in [5.41, 5.74) is 3.76. The topological polar surface area (TPSA) is 17.1 Å². The average molecular weight is 357 g/mol. The number of hydrogen-bond donors (Lipinski definition) is 0. The second-order valence-electron chi connectivity index (χ2n) is 12.3. The predicted octanol–water partition coefficient (Wildman–Crippen LogP) is 6.96. The molecule has 0 N–H and O–H groups in total. The van der Waals surface area contributed by atoms with Gasteiger partial charge in [-0.15, -0.1) is 0 Å². The van der Waals surface area contributed by atoms with Crippen molar-refractivity contribution in [1.29, 1.82) is 0 Å². The number of carbonyl (C=O) groups excluding carboxylic acids is 1. The molecule has 1 heteroatoms. The Morgan fingerprint density at radius 2 is 1.50 bits per heavy atom. The molecule has 0 aromatic heterocycles. The van der Waals surface area contributed by atoms with E-state index in [1.54, 1.807) is 11.1 Å². The van der Waals surface area contributed by atoms with Crippen molar-refractivity contribution in [1.82, 2.24) is 0 Å². The van der Waals surface area contributed by atoms with E-state index in [1.807, 2.05) is 0 Å². The van der Waals surface area contributed by atoms with Crippen LogP contribution in [0.1, 0.15) is 100 Å². The van der Waals surface area contributed by atoms with Gasteiger partial charge in [-0.25, -0.2) is 0 Å². The van der Waals surface area contributed by atoms with E-state index in [1.165, 1.54) is 44.9 Å². The van der Waals surface area contributed by atoms with E-state index in [2.05, 4.69) is 55.4 Å². The van der Waals surface area contributed by atoms with E-state index in [0.717, 1.165) is 5.92 Å². The van der Waals surface area contributed by atoms with Gasteiger partial charge in [0.25, 0.3) is 0 Å². The second-order valence-corrected chi connectivity index (χ2v) is 12.3. The van der Waals surface area contributed by atoms with E-state index in [0.29, 0.717) is 22.5 Å². The highest BCUT2D eigenvalue weighted by Gasteiger charge is 2.66. The number of carbonyl (C=O) groups is 1. The van der Waals surface area contributed by atoms with E-state index in [9.17, 15) is 4.79 Å². The smallest absolute Gasteiger partial charge is 0.148 e. The molecule has 4 rings (SSSR count). The quantitative estimate of drug-likeness (QED) is 0.429. The molecule has 0 bridgehead atoms. The van der Waals surface area contributed by atoms with Gasteiger partial charge in [0.15, 0.2) is 0 Å². The summed E-state index contributed by atoms with van der Waals surface area (Å²) in [6, 6.07) is 0. The molecule has 0 amide bonds. The highest BCUT2D eigenvalue weighted by Crippen LogP contribution is 2.71. The van der Waals surface area contributed by atoms with Crippen LogP contribution in [-0.2, 0) is 4.79 Å². The van der Waals surface area contributed by atoms with Crippen molar-refractivity contribution in [2.45, 2.75) is 100 Å². The molecule has 4 aliphatic rings. The molecule has 0 aromatic carbocycles. The standard InChI is InChI=1S/C25H40O/c1-21(2)13-9-14-24(7)17-12-15-25(8)19(16(17)10-11-18(21)24)22(3,4)20(26)23(25,5)6/h17-18H,9-15H2,1-8H3/t17-,18-,24+,25-/m0/s1. The fourth-order valence-electron chi connectivity index (χ4n) is 8.75. The number of hydrogen-bond acceptors (Lipinski definition) is 1. The maximum absolute atomic E-state index is 13.4. The Morgan fingerprint density at radius 3 is 2.15 bits per heavy atom. The molecule has 0 aromatic rings. The molecule has 26 heavy (non-hydrogen) atoms. The summed E-state index contributed by atoms with van der Waals surface area (Å²) in [6.07, 6.45) is 9.22. The number of ketones is 1. The fourth-order valence-corrected chi connectivity index (χ4v) is 8.75. The molecule has 0 saturated heterocycles. The zero-order valence-corrected chi connectivity index (χ0v) is 18.5. The van der Waals surface area contributed by atoms with Gasteiger partial charge in [0.2, 0.25) is 0 Å². The lowest BCUT2D eigenvalue weighted by molar-refractivity contribution is -0.133. The molecule has 3 saturated carbocycles. The largest absolute Gasteiger partial charge is 0.298 e. The maximum atomic E-state index is 13.4. The number of Topliss-reactive ketones (excluding diaryl/α,β-unsaturated/α-hetero) is 1. The third-order valence-electron chi connectivity index (χ3n) is 10.1. The van der Waals surface area contributed by atoms with Crippen molar-refractivity contribution < 1.29 is 4.79 Å². The Labute approximate surface area is 161 Å². The van der Waals surface area contributed by atoms with Gasteiger partial charge in [0, 0.05) is 16.2 Å². The molecule has 0 aliphatic heterocycles. The average Bonchev–Trinajstić information content (AvgIpc) is 2.62. The van der Waals surface area contributed by atoms with Gasteiger partial charge < -0.3 is 0 Å². The van der Waals surface area contributed by atoms with Crippen LogP contribution in [0.25, 0.3) is 0 Å². The van der Waals surface area contributed by atoms with E-state index in [-0.39, 0.29) is 16.2 Å². The summed E-state index contributed by atoms with van der Waals surface area (Å²) in [7, 11) is 0. The Balaban J connectivity index is 1.89. The third-order valence-corrected chi connectivity index (χ3v) is 10.1. The first kappa shape index (κ1) is 18.8. The summed E-state index contributed by atoms with van der Waals surface area (Å²) in [5.74, 6) is 2.03. The van der Waals surface area contributed by atoms with Gasteiger partial charge in [0.1, 0.15) is 5.78 Å². The van der Waals surface area contributed by atoms with Crippen LogP contribution in [0, 0.1) is 38.9 Å². The van der Waals surface area contributed by atoms with Gasteiger partial charge in [-0.3, -0.25) is 4.79 Å². The van der Waals surface area contributed by atoms with Gasteiger partial charge in [-0.1, -0.05) is 59.1 Å². The number of fused-ring (bicyclic) bond motifs is 4. The van der Waals surface area contributed by atoms with Crippen molar-refractivity contribution in [2.75, 3.05) is 0 Å². The summed E-state index contributed by atoms with van der Waals surface area (Å²) in [4.78, 5) is 13.4. The molecule has 0 heterocycles. The van der Waals surface area contributed by atoms with Crippen LogP contribution in [-0.4, -0.2) is 5.78 Å². The molecule has 0 radical (unpaired) electrons. The lowest BCUT2D eigenvalue weighted by Crippen LogP contribution is -2.52. The molecular formula is C25H40O. The Morgan fingerprint density at radius 1 is 0.846 bits per heavy atom. The minimum Gasteiger partial charge on any atom is -0.298 e. The van der Waals surface area contributed by atoms with E-state index in [4.69, 9.17) is 0 Å². The van der Waals surface area contributed by atoms with Gasteiger partial charge in [-0.2, -0.15) is 0 Å². The summed E-state index contributed by atoms with van der Waals surface area (Å²) in [6.45, 7) is 19.0. The van der Waals surface area contributed by atoms with Crippen molar-refractivity contribution in [3.8, 4) is 0 Å². The van der Waals surface area contributed by atoms with E-state index < -0.39 is 0 Å². The number of rotatable bonds is 0. The van der Waals surface area contributed by atoms with Crippen LogP contribution in [0.4, 0.5) is 0 Å². The normalized spacial score (nSPS) is 45.8. The summed E-state index contributed by atoms with van der Waals surface area (Å²) < 4.78 is 0. The highest BCUT2D eigenvalue weighted by molar-refractivity contribution is 5.97. The minimum absolute atomic E-state index is 0.0623. The van der Waals surface area contributed by atoms with Gasteiger partial charge >= 0.3 is 0 Å². The minimum atomic E-state index is -0.278. The lowest BCUT2D eigenvalue weighted by atomic mass is 9.44. The van der Waals surface area contributed by atoms with Crippen LogP contribution >= 0.6 is 0 Å². The Hall–Kier alpha value is -0.590. The molecular weight excluding hydrogens is 316 g/mol. The summed E-state index contributed by atoms with van der Waals surface area (Å²) in [5, 5.41) is 0. The SMILES string of the molecule is CC1(C)C(=O)C(C)(C)[C@@]2(C)CC[C@H]3C(=C12)CC[C@H]1C(C)(C)CCC[C@]31C. The molecule has 0 spiro atoms. The van der Waals surface area contributed by atoms with E-state index >= 15 is 0 Å². The van der Waals surface area contributed by atoms with Crippen molar-refractivity contribution >= 4 is 5.78 Å². The predicted molar refractivity (Wildman–Crippen MR) is 109 cm³/mol. The zero-order valence-electron chi connectivity index (χ0n) is 18.5. The van der Waals surface area contributed by atoms with Gasteiger partial charge in [0.05, 0.1) is 0 Å².